The molecule has 0 radical (unpaired) electrons. The summed E-state index contributed by atoms with van der Waals surface area (Å²) >= 11 is 0. The number of hydrogen-bond acceptors (Lipinski definition) is 8. The van der Waals surface area contributed by atoms with E-state index in [2.05, 4.69) is 15.0 Å². The average Bonchev–Trinajstić information content (AvgIpc) is 3.24. The molecule has 0 N–H and O–H groups in total. The van der Waals surface area contributed by atoms with E-state index in [9.17, 15) is 22.0 Å². The molecule has 1 spiro atoms. The molecule has 0 aliphatic carbocycles. The Morgan fingerprint density at radius 1 is 1.15 bits per heavy atom. The number of fused-ring (bicyclic) bond motifs is 2. The van der Waals surface area contributed by atoms with Crippen LogP contribution in [0, 0.1) is 11.6 Å². The van der Waals surface area contributed by atoms with E-state index in [-0.39, 0.29) is 29.2 Å². The lowest BCUT2D eigenvalue weighted by Gasteiger charge is -2.39. The monoisotopic (exact) mass is 572 g/mol. The second-order valence-electron chi connectivity index (χ2n) is 10.3. The first-order chi connectivity index (χ1) is 19.0. The third-order valence-corrected chi connectivity index (χ3v) is 8.25. The normalized spacial score (nSPS) is 17.2. The number of pyridine rings is 2. The van der Waals surface area contributed by atoms with Crippen molar-refractivity contribution in [3.05, 3.63) is 98.7 Å². The molecule has 40 heavy (non-hydrogen) atoms. The van der Waals surface area contributed by atoms with Gasteiger partial charge in [0.25, 0.3) is 5.56 Å². The minimum absolute atomic E-state index is 0.0377. The van der Waals surface area contributed by atoms with Gasteiger partial charge in [-0.05, 0) is 48.2 Å². The van der Waals surface area contributed by atoms with Gasteiger partial charge in [-0.3, -0.25) is 14.7 Å². The Morgan fingerprint density at radius 3 is 2.60 bits per heavy atom. The van der Waals surface area contributed by atoms with Crippen LogP contribution >= 0.6 is 0 Å². The molecule has 1 fully saturated rings. The first-order valence-electron chi connectivity index (χ1n) is 12.9. The van der Waals surface area contributed by atoms with Gasteiger partial charge in [0.15, 0.2) is 21.5 Å². The molecule has 5 rings (SSSR count). The molecular formula is C28H30F2N4O5S. The van der Waals surface area contributed by atoms with Gasteiger partial charge in [-0.15, -0.1) is 0 Å². The molecule has 0 saturated carbocycles. The highest BCUT2D eigenvalue weighted by Gasteiger charge is 2.43. The van der Waals surface area contributed by atoms with E-state index in [1.165, 1.54) is 6.07 Å². The Labute approximate surface area is 231 Å². The molecule has 4 heterocycles. The van der Waals surface area contributed by atoms with Gasteiger partial charge in [0, 0.05) is 62.5 Å². The topological polar surface area (TPSA) is 103 Å². The van der Waals surface area contributed by atoms with Crippen molar-refractivity contribution in [2.24, 2.45) is 12.2 Å². The summed E-state index contributed by atoms with van der Waals surface area (Å²) in [5.41, 5.74) is 3.32. The lowest BCUT2D eigenvalue weighted by atomic mass is 9.84. The molecular weight excluding hydrogens is 542 g/mol. The van der Waals surface area contributed by atoms with E-state index < -0.39 is 27.1 Å². The van der Waals surface area contributed by atoms with Crippen molar-refractivity contribution in [2.45, 2.75) is 31.6 Å². The Bertz CT molecular complexity index is 1600. The van der Waals surface area contributed by atoms with Gasteiger partial charge in [0.1, 0.15) is 12.3 Å². The maximum absolute atomic E-state index is 14.0. The molecule has 2 aliphatic rings. The molecule has 2 aliphatic heterocycles. The van der Waals surface area contributed by atoms with Gasteiger partial charge >= 0.3 is 0 Å². The van der Waals surface area contributed by atoms with Crippen LogP contribution in [0.15, 0.2) is 58.7 Å². The van der Waals surface area contributed by atoms with Crippen LogP contribution in [0.25, 0.3) is 0 Å². The lowest BCUT2D eigenvalue weighted by molar-refractivity contribution is -0.0799. The number of aryl methyl sites for hydroxylation is 1. The second-order valence-corrected chi connectivity index (χ2v) is 12.6. The first kappa shape index (κ1) is 28.1. The molecule has 2 aromatic heterocycles. The van der Waals surface area contributed by atoms with Crippen molar-refractivity contribution in [3.8, 4) is 0 Å². The molecule has 212 valence electrons. The van der Waals surface area contributed by atoms with Crippen LogP contribution < -0.4 is 5.56 Å². The summed E-state index contributed by atoms with van der Waals surface area (Å²) in [6.45, 7) is 2.53. The predicted octanol–water partition coefficient (Wildman–Crippen LogP) is 2.89. The number of halogens is 2. The predicted molar refractivity (Wildman–Crippen MR) is 145 cm³/mol. The number of likely N-dealkylation sites (tertiary alicyclic amines) is 1. The maximum Gasteiger partial charge on any atom is 0.250 e. The molecule has 9 nitrogen and oxygen atoms in total. The molecule has 1 saturated heterocycles. The zero-order valence-electron chi connectivity index (χ0n) is 22.3. The van der Waals surface area contributed by atoms with E-state index in [4.69, 9.17) is 9.57 Å². The highest BCUT2D eigenvalue weighted by molar-refractivity contribution is 7.90. The fourth-order valence-corrected chi connectivity index (χ4v) is 5.49. The van der Waals surface area contributed by atoms with E-state index in [1.807, 2.05) is 12.3 Å². The summed E-state index contributed by atoms with van der Waals surface area (Å²) in [5.74, 6) is -2.28. The second kappa shape index (κ2) is 11.2. The van der Waals surface area contributed by atoms with E-state index in [0.717, 1.165) is 61.0 Å². The lowest BCUT2D eigenvalue weighted by Crippen LogP contribution is -2.42. The Hall–Kier alpha value is -3.48. The number of oxime groups is 1. The van der Waals surface area contributed by atoms with Crippen LogP contribution in [0.4, 0.5) is 8.78 Å². The van der Waals surface area contributed by atoms with Crippen molar-refractivity contribution in [1.29, 1.82) is 0 Å². The zero-order valence-corrected chi connectivity index (χ0v) is 23.1. The zero-order chi connectivity index (χ0) is 28.5. The summed E-state index contributed by atoms with van der Waals surface area (Å²) in [6, 6.07) is 8.63. The number of aromatic nitrogens is 2. The van der Waals surface area contributed by atoms with Crippen molar-refractivity contribution in [1.82, 2.24) is 14.5 Å². The Morgan fingerprint density at radius 2 is 1.93 bits per heavy atom. The molecule has 1 aromatic carbocycles. The van der Waals surface area contributed by atoms with Gasteiger partial charge in [-0.1, -0.05) is 11.2 Å². The van der Waals surface area contributed by atoms with Gasteiger partial charge in [0.2, 0.25) is 0 Å². The fourth-order valence-electron chi connectivity index (χ4n) is 5.11. The minimum Gasteiger partial charge on any atom is -0.394 e. The summed E-state index contributed by atoms with van der Waals surface area (Å²) in [7, 11) is -1.51. The first-order valence-corrected chi connectivity index (χ1v) is 14.9. The van der Waals surface area contributed by atoms with E-state index in [1.54, 1.807) is 29.9 Å². The van der Waals surface area contributed by atoms with Crippen LogP contribution in [0.5, 0.6) is 0 Å². The Balaban J connectivity index is 1.27. The summed E-state index contributed by atoms with van der Waals surface area (Å²) in [5, 5.41) is 4.01. The third-order valence-electron chi connectivity index (χ3n) is 7.34. The van der Waals surface area contributed by atoms with Crippen molar-refractivity contribution in [2.75, 3.05) is 31.7 Å². The van der Waals surface area contributed by atoms with Crippen molar-refractivity contribution >= 4 is 15.5 Å². The van der Waals surface area contributed by atoms with Crippen LogP contribution in [0.1, 0.15) is 40.8 Å². The molecule has 0 bridgehead atoms. The van der Waals surface area contributed by atoms with Crippen LogP contribution in [-0.4, -0.2) is 60.3 Å². The molecule has 0 unspecified atom stereocenters. The van der Waals surface area contributed by atoms with Crippen LogP contribution in [0.2, 0.25) is 0 Å². The number of benzene rings is 1. The van der Waals surface area contributed by atoms with Gasteiger partial charge in [-0.2, -0.15) is 0 Å². The molecule has 0 atom stereocenters. The van der Waals surface area contributed by atoms with Crippen molar-refractivity contribution < 1.29 is 26.8 Å². The van der Waals surface area contributed by atoms with Gasteiger partial charge in [-0.25, -0.2) is 17.2 Å². The van der Waals surface area contributed by atoms with Gasteiger partial charge < -0.3 is 14.1 Å². The highest BCUT2D eigenvalue weighted by Crippen LogP contribution is 2.43. The summed E-state index contributed by atoms with van der Waals surface area (Å²) in [4.78, 5) is 24.2. The van der Waals surface area contributed by atoms with Crippen LogP contribution in [-0.2, 0) is 45.2 Å². The van der Waals surface area contributed by atoms with Crippen molar-refractivity contribution in [3.63, 3.8) is 0 Å². The molecule has 3 aromatic rings. The molecule has 12 heteroatoms. The number of hydrogen-bond donors (Lipinski definition) is 0. The highest BCUT2D eigenvalue weighted by atomic mass is 32.2. The SMILES string of the molecule is Cn1cc2c(cc1=O)C1(CCN(Cc3ccc(C(=NOCCS(C)(=O)=O)c4ccc(F)c(F)c4)nc3)CC1)OC2. The molecule has 0 amide bonds. The number of rotatable bonds is 8. The van der Waals surface area contributed by atoms with E-state index >= 15 is 0 Å². The number of sulfone groups is 1. The van der Waals surface area contributed by atoms with Crippen LogP contribution in [0.3, 0.4) is 0 Å². The fraction of sp³-hybridized carbons (Fsp3) is 0.393. The standard InChI is InChI=1S/C28H30F2N4O5S/c1-33-17-21-18-38-28(22(21)14-26(33)35)7-9-34(10-8-28)16-19-3-6-25(31-15-19)27(32-39-11-12-40(2,36)37)20-4-5-23(29)24(30)13-20/h3-6,13-15,17H,7-12,16,18H2,1-2H3. The number of piperidine rings is 1. The Kier molecular flexibility index (Phi) is 7.85. The van der Waals surface area contributed by atoms with E-state index in [0.29, 0.717) is 18.8 Å². The summed E-state index contributed by atoms with van der Waals surface area (Å²) in [6.07, 6.45) is 6.19. The third kappa shape index (κ3) is 6.13. The largest absolute Gasteiger partial charge is 0.394 e. The number of nitrogens with zero attached hydrogens (tertiary/aromatic N) is 4. The quantitative estimate of drug-likeness (QED) is 0.232. The van der Waals surface area contributed by atoms with Gasteiger partial charge in [0.05, 0.1) is 23.7 Å². The average molecular weight is 573 g/mol. The maximum atomic E-state index is 14.0. The minimum atomic E-state index is -3.26. The summed E-state index contributed by atoms with van der Waals surface area (Å²) < 4.78 is 58.1. The smallest absolute Gasteiger partial charge is 0.250 e. The number of ether oxygens (including phenoxy) is 1.